The summed E-state index contributed by atoms with van der Waals surface area (Å²) in [6.45, 7) is 8.63. The normalized spacial score (nSPS) is 24.3. The van der Waals surface area contributed by atoms with Crippen LogP contribution in [0.3, 0.4) is 0 Å². The van der Waals surface area contributed by atoms with E-state index in [9.17, 15) is 9.59 Å². The summed E-state index contributed by atoms with van der Waals surface area (Å²) in [5, 5.41) is 3.28. The molecule has 2 aliphatic heterocycles. The highest BCUT2D eigenvalue weighted by Gasteiger charge is 2.29. The van der Waals surface area contributed by atoms with E-state index in [1.54, 1.807) is 0 Å². The Morgan fingerprint density at radius 2 is 1.82 bits per heavy atom. The van der Waals surface area contributed by atoms with Crippen LogP contribution in [0.4, 0.5) is 11.4 Å². The van der Waals surface area contributed by atoms with Gasteiger partial charge in [0.05, 0.1) is 0 Å². The fourth-order valence-corrected chi connectivity index (χ4v) is 3.64. The second-order valence-corrected chi connectivity index (χ2v) is 6.48. The van der Waals surface area contributed by atoms with Gasteiger partial charge in [-0.25, -0.2) is 0 Å². The van der Waals surface area contributed by atoms with Crippen molar-refractivity contribution in [3.8, 4) is 0 Å². The second kappa shape index (κ2) is 6.38. The Hall–Kier alpha value is -1.40. The minimum Gasteiger partial charge on any atom is -0.378 e. The molecule has 1 aromatic carbocycles. The lowest BCUT2D eigenvalue weighted by molar-refractivity contribution is 0.277. The second-order valence-electron chi connectivity index (χ2n) is 6.48. The number of likely N-dealkylation sites (tertiary alicyclic amines) is 1. The first-order valence-corrected chi connectivity index (χ1v) is 8.36. The van der Waals surface area contributed by atoms with Crippen molar-refractivity contribution in [2.45, 2.75) is 25.8 Å². The van der Waals surface area contributed by atoms with Gasteiger partial charge >= 0.3 is 0 Å². The zero-order chi connectivity index (χ0) is 15.7. The molecule has 122 valence electrons. The molecule has 2 saturated heterocycles. The molecular weight excluding hydrogens is 280 g/mol. The van der Waals surface area contributed by atoms with Gasteiger partial charge < -0.3 is 15.1 Å². The van der Waals surface area contributed by atoms with Gasteiger partial charge in [0.25, 0.3) is 10.9 Å². The molecule has 0 bridgehead atoms. The maximum Gasteiger partial charge on any atom is 0.253 e. The number of nitrogens with zero attached hydrogens (tertiary/aromatic N) is 3. The van der Waals surface area contributed by atoms with Crippen molar-refractivity contribution in [3.63, 3.8) is 0 Å². The Bertz CT molecular complexity index is 585. The summed E-state index contributed by atoms with van der Waals surface area (Å²) < 4.78 is 0. The van der Waals surface area contributed by atoms with E-state index in [1.165, 1.54) is 12.8 Å². The van der Waals surface area contributed by atoms with Crippen LogP contribution < -0.4 is 21.1 Å². The molecule has 22 heavy (non-hydrogen) atoms. The van der Waals surface area contributed by atoms with Gasteiger partial charge in [-0.3, -0.25) is 14.5 Å². The topological polar surface area (TPSA) is 55.9 Å². The predicted molar refractivity (Wildman–Crippen MR) is 89.8 cm³/mol. The highest BCUT2D eigenvalue weighted by atomic mass is 16.2. The first-order valence-electron chi connectivity index (χ1n) is 8.36. The first-order chi connectivity index (χ1) is 10.6. The summed E-state index contributed by atoms with van der Waals surface area (Å²) >= 11 is 0. The summed E-state index contributed by atoms with van der Waals surface area (Å²) in [4.78, 5) is 30.6. The summed E-state index contributed by atoms with van der Waals surface area (Å²) in [6, 6.07) is 0.481. The van der Waals surface area contributed by atoms with Crippen LogP contribution in [0.2, 0.25) is 0 Å². The highest BCUT2D eigenvalue weighted by Crippen LogP contribution is 2.23. The van der Waals surface area contributed by atoms with Crippen LogP contribution in [0.5, 0.6) is 0 Å². The van der Waals surface area contributed by atoms with E-state index in [4.69, 9.17) is 0 Å². The molecule has 0 aromatic heterocycles. The largest absolute Gasteiger partial charge is 0.378 e. The molecule has 6 heteroatoms. The van der Waals surface area contributed by atoms with E-state index in [0.29, 0.717) is 17.4 Å². The summed E-state index contributed by atoms with van der Waals surface area (Å²) in [5.41, 5.74) is 0.525. The Balaban J connectivity index is 1.66. The number of likely N-dealkylation sites (N-methyl/N-ethyl adjacent to an activating group) is 2. The zero-order valence-electron chi connectivity index (χ0n) is 13.6. The quantitative estimate of drug-likeness (QED) is 0.769. The lowest BCUT2D eigenvalue weighted by atomic mass is 10.1. The molecule has 1 N–H and O–H groups in total. The van der Waals surface area contributed by atoms with Gasteiger partial charge in [0.1, 0.15) is 11.4 Å². The number of rotatable bonds is 5. The third-order valence-corrected chi connectivity index (χ3v) is 5.12. The lowest BCUT2D eigenvalue weighted by Crippen LogP contribution is -2.51. The summed E-state index contributed by atoms with van der Waals surface area (Å²) in [5.74, 6) is 0. The van der Waals surface area contributed by atoms with Crippen molar-refractivity contribution in [2.75, 3.05) is 63.1 Å². The Morgan fingerprint density at radius 3 is 2.50 bits per heavy atom. The van der Waals surface area contributed by atoms with Gasteiger partial charge in [-0.1, -0.05) is 6.92 Å². The van der Waals surface area contributed by atoms with E-state index in [-0.39, 0.29) is 10.9 Å². The Morgan fingerprint density at radius 1 is 1.09 bits per heavy atom. The highest BCUT2D eigenvalue weighted by molar-refractivity contribution is 5.75. The molecule has 1 unspecified atom stereocenters. The molecule has 2 fully saturated rings. The molecule has 2 heterocycles. The van der Waals surface area contributed by atoms with Gasteiger partial charge in [-0.2, -0.15) is 0 Å². The van der Waals surface area contributed by atoms with Gasteiger partial charge in [0.2, 0.25) is 0 Å². The molecule has 1 atom stereocenters. The standard InChI is InChI=1S/C16H26N4O2/c1-3-19-6-4-5-12(19)11-17-13-14(16(22)15(13)21)20-9-7-18(2)8-10-20/h12,17H,3-11H2,1-2H3. The molecule has 0 saturated carbocycles. The van der Waals surface area contributed by atoms with Crippen LogP contribution in [0.15, 0.2) is 9.59 Å². The SMILES string of the molecule is CCN1CCCC1CNc1c(N2CCN(C)CC2)c(=O)c1=O. The summed E-state index contributed by atoms with van der Waals surface area (Å²) in [7, 11) is 2.08. The van der Waals surface area contributed by atoms with Crippen molar-refractivity contribution in [1.29, 1.82) is 0 Å². The van der Waals surface area contributed by atoms with Gasteiger partial charge in [0.15, 0.2) is 0 Å². The number of anilines is 2. The van der Waals surface area contributed by atoms with Crippen molar-refractivity contribution < 1.29 is 0 Å². The molecule has 0 spiro atoms. The Labute approximate surface area is 131 Å². The molecular formula is C16H26N4O2. The first kappa shape index (κ1) is 15.5. The third-order valence-electron chi connectivity index (χ3n) is 5.12. The number of piperazine rings is 1. The van der Waals surface area contributed by atoms with Crippen molar-refractivity contribution in [2.24, 2.45) is 0 Å². The van der Waals surface area contributed by atoms with Crippen LogP contribution in [0.25, 0.3) is 0 Å². The zero-order valence-corrected chi connectivity index (χ0v) is 13.6. The van der Waals surface area contributed by atoms with E-state index in [2.05, 4.69) is 34.0 Å². The molecule has 6 nitrogen and oxygen atoms in total. The van der Waals surface area contributed by atoms with Crippen LogP contribution in [-0.2, 0) is 0 Å². The third kappa shape index (κ3) is 2.77. The lowest BCUT2D eigenvalue weighted by Gasteiger charge is -2.35. The number of nitrogens with one attached hydrogen (secondary N) is 1. The summed E-state index contributed by atoms with van der Waals surface area (Å²) in [6.07, 6.45) is 2.39. The molecule has 0 radical (unpaired) electrons. The average molecular weight is 306 g/mol. The van der Waals surface area contributed by atoms with Crippen LogP contribution in [0.1, 0.15) is 19.8 Å². The minimum atomic E-state index is -0.338. The smallest absolute Gasteiger partial charge is 0.253 e. The number of hydrogen-bond donors (Lipinski definition) is 1. The fourth-order valence-electron chi connectivity index (χ4n) is 3.64. The van der Waals surface area contributed by atoms with E-state index in [1.807, 2.05) is 0 Å². The minimum absolute atomic E-state index is 0.314. The van der Waals surface area contributed by atoms with Crippen molar-refractivity contribution >= 4 is 11.4 Å². The van der Waals surface area contributed by atoms with E-state index < -0.39 is 0 Å². The van der Waals surface area contributed by atoms with Crippen LogP contribution in [0, 0.1) is 0 Å². The van der Waals surface area contributed by atoms with Crippen LogP contribution in [-0.4, -0.2) is 68.7 Å². The molecule has 0 amide bonds. The van der Waals surface area contributed by atoms with E-state index in [0.717, 1.165) is 45.8 Å². The monoisotopic (exact) mass is 306 g/mol. The fraction of sp³-hybridized carbons (Fsp3) is 0.750. The van der Waals surface area contributed by atoms with Crippen molar-refractivity contribution in [3.05, 3.63) is 20.4 Å². The molecule has 3 rings (SSSR count). The van der Waals surface area contributed by atoms with Gasteiger partial charge in [-0.05, 0) is 33.0 Å². The molecule has 1 aromatic rings. The molecule has 2 aliphatic rings. The molecule has 0 aliphatic carbocycles. The maximum absolute atomic E-state index is 12.0. The van der Waals surface area contributed by atoms with E-state index >= 15 is 0 Å². The maximum atomic E-state index is 12.0. The average Bonchev–Trinajstić information content (AvgIpc) is 2.99. The van der Waals surface area contributed by atoms with Crippen molar-refractivity contribution in [1.82, 2.24) is 9.80 Å². The van der Waals surface area contributed by atoms with Crippen LogP contribution >= 0.6 is 0 Å². The Kier molecular flexibility index (Phi) is 4.49. The predicted octanol–water partition coefficient (Wildman–Crippen LogP) is -0.0694. The van der Waals surface area contributed by atoms with Gasteiger partial charge in [0, 0.05) is 38.8 Å². The number of hydrogen-bond acceptors (Lipinski definition) is 6. The van der Waals surface area contributed by atoms with Gasteiger partial charge in [-0.15, -0.1) is 0 Å².